The summed E-state index contributed by atoms with van der Waals surface area (Å²) in [5.74, 6) is -0.527. The second kappa shape index (κ2) is 5.21. The maximum atomic E-state index is 12.1. The maximum absolute atomic E-state index is 12.1. The number of aryl methyl sites for hydroxylation is 1. The van der Waals surface area contributed by atoms with Gasteiger partial charge in [0.05, 0.1) is 17.4 Å². The number of halogens is 2. The molecular weight excluding hydrogens is 234 g/mol. The number of nitro benzene ring substituents is 1. The third-order valence-corrected chi connectivity index (χ3v) is 2.10. The summed E-state index contributed by atoms with van der Waals surface area (Å²) in [5.41, 5.74) is 0.373. The maximum Gasteiger partial charge on any atom is 0.387 e. The molecule has 0 saturated carbocycles. The fourth-order valence-electron chi connectivity index (χ4n) is 1.32. The van der Waals surface area contributed by atoms with Crippen molar-refractivity contribution in [2.45, 2.75) is 20.0 Å². The Hall–Kier alpha value is -2.23. The Labute approximate surface area is 95.4 Å². The van der Waals surface area contributed by atoms with Crippen LogP contribution in [-0.2, 0) is 6.42 Å². The quantitative estimate of drug-likeness (QED) is 0.600. The first-order valence-electron chi connectivity index (χ1n) is 4.55. The van der Waals surface area contributed by atoms with Gasteiger partial charge < -0.3 is 4.74 Å². The summed E-state index contributed by atoms with van der Waals surface area (Å²) >= 11 is 0. The van der Waals surface area contributed by atoms with E-state index < -0.39 is 23.0 Å². The van der Waals surface area contributed by atoms with Gasteiger partial charge in [-0.2, -0.15) is 14.0 Å². The molecule has 0 unspecified atom stereocenters. The van der Waals surface area contributed by atoms with Gasteiger partial charge in [0, 0.05) is 6.07 Å². The first-order chi connectivity index (χ1) is 7.95. The minimum Gasteiger partial charge on any atom is -0.427 e. The van der Waals surface area contributed by atoms with Gasteiger partial charge in [-0.05, 0) is 24.1 Å². The highest BCUT2D eigenvalue weighted by Gasteiger charge is 2.20. The Morgan fingerprint density at radius 3 is 2.71 bits per heavy atom. The van der Waals surface area contributed by atoms with Crippen molar-refractivity contribution in [1.29, 1.82) is 5.26 Å². The molecule has 0 aliphatic heterocycles. The lowest BCUT2D eigenvalue weighted by Crippen LogP contribution is -2.06. The second-order valence-electron chi connectivity index (χ2n) is 3.22. The molecule has 0 spiro atoms. The molecule has 7 heteroatoms. The highest BCUT2D eigenvalue weighted by Crippen LogP contribution is 2.31. The topological polar surface area (TPSA) is 76.2 Å². The number of alkyl halides is 2. The summed E-state index contributed by atoms with van der Waals surface area (Å²) in [6.07, 6.45) is -0.0244. The molecule has 90 valence electrons. The van der Waals surface area contributed by atoms with E-state index in [0.29, 0.717) is 11.1 Å². The number of hydrogen-bond acceptors (Lipinski definition) is 4. The molecule has 17 heavy (non-hydrogen) atoms. The molecule has 0 bridgehead atoms. The minimum atomic E-state index is -3.15. The Morgan fingerprint density at radius 1 is 1.59 bits per heavy atom. The Balaban J connectivity index is 3.27. The zero-order valence-electron chi connectivity index (χ0n) is 8.81. The van der Waals surface area contributed by atoms with Crippen molar-refractivity contribution in [2.75, 3.05) is 0 Å². The predicted molar refractivity (Wildman–Crippen MR) is 53.8 cm³/mol. The van der Waals surface area contributed by atoms with Crippen LogP contribution in [0.3, 0.4) is 0 Å². The van der Waals surface area contributed by atoms with E-state index in [4.69, 9.17) is 5.26 Å². The van der Waals surface area contributed by atoms with Crippen LogP contribution in [0, 0.1) is 28.4 Å². The molecule has 1 aromatic carbocycles. The Bertz CT molecular complexity index is 483. The molecule has 0 atom stereocenters. The van der Waals surface area contributed by atoms with Crippen LogP contribution < -0.4 is 4.74 Å². The highest BCUT2D eigenvalue weighted by molar-refractivity contribution is 5.52. The standard InChI is InChI=1S/C10H8F2N2O3/c1-6-4-8(14(15)16)9(17-10(11)12)5-7(6)2-3-13/h4-5,10H,2H2,1H3. The molecule has 0 N–H and O–H groups in total. The number of rotatable bonds is 4. The van der Waals surface area contributed by atoms with Crippen LogP contribution in [0.5, 0.6) is 5.75 Å². The lowest BCUT2D eigenvalue weighted by Gasteiger charge is -2.08. The molecule has 1 rings (SSSR count). The highest BCUT2D eigenvalue weighted by atomic mass is 19.3. The van der Waals surface area contributed by atoms with Crippen molar-refractivity contribution in [1.82, 2.24) is 0 Å². The predicted octanol–water partition coefficient (Wildman–Crippen LogP) is 2.57. The molecule has 0 amide bonds. The van der Waals surface area contributed by atoms with Crippen LogP contribution in [0.4, 0.5) is 14.5 Å². The van der Waals surface area contributed by atoms with Crippen molar-refractivity contribution in [2.24, 2.45) is 0 Å². The van der Waals surface area contributed by atoms with Gasteiger partial charge >= 0.3 is 12.3 Å². The lowest BCUT2D eigenvalue weighted by atomic mass is 10.0. The number of ether oxygens (including phenoxy) is 1. The Kier molecular flexibility index (Phi) is 3.93. The van der Waals surface area contributed by atoms with E-state index in [-0.39, 0.29) is 6.42 Å². The van der Waals surface area contributed by atoms with Gasteiger partial charge in [-0.15, -0.1) is 0 Å². The fraction of sp³-hybridized carbons (Fsp3) is 0.300. The molecule has 0 fully saturated rings. The number of hydrogen-bond donors (Lipinski definition) is 0. The van der Waals surface area contributed by atoms with E-state index in [9.17, 15) is 18.9 Å². The minimum absolute atomic E-state index is 0.0244. The van der Waals surface area contributed by atoms with Crippen molar-refractivity contribution >= 4 is 5.69 Å². The van der Waals surface area contributed by atoms with Crippen LogP contribution in [-0.4, -0.2) is 11.5 Å². The van der Waals surface area contributed by atoms with Crippen molar-refractivity contribution in [3.63, 3.8) is 0 Å². The summed E-state index contributed by atoms with van der Waals surface area (Å²) in [6.45, 7) is -1.59. The number of benzene rings is 1. The summed E-state index contributed by atoms with van der Waals surface area (Å²) in [5, 5.41) is 19.2. The SMILES string of the molecule is Cc1cc([N+](=O)[O-])c(OC(F)F)cc1CC#N. The van der Waals surface area contributed by atoms with Gasteiger partial charge in [-0.3, -0.25) is 10.1 Å². The fourth-order valence-corrected chi connectivity index (χ4v) is 1.32. The van der Waals surface area contributed by atoms with E-state index in [1.165, 1.54) is 0 Å². The molecule has 5 nitrogen and oxygen atoms in total. The van der Waals surface area contributed by atoms with Gasteiger partial charge in [0.2, 0.25) is 5.75 Å². The molecule has 0 heterocycles. The third-order valence-electron chi connectivity index (χ3n) is 2.10. The molecular formula is C10H8F2N2O3. The normalized spacial score (nSPS) is 10.1. The third kappa shape index (κ3) is 3.11. The monoisotopic (exact) mass is 242 g/mol. The van der Waals surface area contributed by atoms with Crippen molar-refractivity contribution in [3.8, 4) is 11.8 Å². The zero-order valence-corrected chi connectivity index (χ0v) is 8.81. The van der Waals surface area contributed by atoms with Crippen molar-refractivity contribution < 1.29 is 18.4 Å². The molecule has 0 saturated heterocycles. The first kappa shape index (κ1) is 12.8. The zero-order chi connectivity index (χ0) is 13.0. The largest absolute Gasteiger partial charge is 0.427 e. The summed E-state index contributed by atoms with van der Waals surface area (Å²) in [4.78, 5) is 9.84. The first-order valence-corrected chi connectivity index (χ1v) is 4.55. The van der Waals surface area contributed by atoms with E-state index in [0.717, 1.165) is 12.1 Å². The Morgan fingerprint density at radius 2 is 2.24 bits per heavy atom. The summed E-state index contributed by atoms with van der Waals surface area (Å²) < 4.78 is 28.2. The van der Waals surface area contributed by atoms with Gasteiger partial charge in [0.1, 0.15) is 0 Å². The van der Waals surface area contributed by atoms with Crippen LogP contribution in [0.2, 0.25) is 0 Å². The lowest BCUT2D eigenvalue weighted by molar-refractivity contribution is -0.386. The molecule has 0 aromatic heterocycles. The van der Waals surface area contributed by atoms with Gasteiger partial charge in [-0.25, -0.2) is 0 Å². The molecule has 0 radical (unpaired) electrons. The summed E-state index contributed by atoms with van der Waals surface area (Å²) in [7, 11) is 0. The van der Waals surface area contributed by atoms with Gasteiger partial charge in [0.25, 0.3) is 0 Å². The number of nitriles is 1. The van der Waals surface area contributed by atoms with Crippen LogP contribution in [0.1, 0.15) is 11.1 Å². The van der Waals surface area contributed by atoms with E-state index in [1.54, 1.807) is 6.92 Å². The number of nitro groups is 1. The van der Waals surface area contributed by atoms with Crippen LogP contribution >= 0.6 is 0 Å². The summed E-state index contributed by atoms with van der Waals surface area (Å²) in [6, 6.07) is 4.06. The molecule has 0 aliphatic carbocycles. The van der Waals surface area contributed by atoms with Crippen molar-refractivity contribution in [3.05, 3.63) is 33.4 Å². The van der Waals surface area contributed by atoms with Gasteiger partial charge in [0.15, 0.2) is 0 Å². The van der Waals surface area contributed by atoms with E-state index >= 15 is 0 Å². The van der Waals surface area contributed by atoms with Crippen LogP contribution in [0.25, 0.3) is 0 Å². The molecule has 0 aliphatic rings. The average Bonchev–Trinajstić information content (AvgIpc) is 2.21. The van der Waals surface area contributed by atoms with E-state index in [2.05, 4.69) is 4.74 Å². The van der Waals surface area contributed by atoms with Gasteiger partial charge in [-0.1, -0.05) is 0 Å². The average molecular weight is 242 g/mol. The van der Waals surface area contributed by atoms with E-state index in [1.807, 2.05) is 6.07 Å². The molecule has 1 aromatic rings. The van der Waals surface area contributed by atoms with Crippen LogP contribution in [0.15, 0.2) is 12.1 Å². The smallest absolute Gasteiger partial charge is 0.387 e. The second-order valence-corrected chi connectivity index (χ2v) is 3.22. The number of nitrogens with zero attached hydrogens (tertiary/aromatic N) is 2.